The van der Waals surface area contributed by atoms with Gasteiger partial charge < -0.3 is 14.8 Å². The fourth-order valence-electron chi connectivity index (χ4n) is 2.43. The molecular weight excluding hydrogens is 377 g/mol. The van der Waals surface area contributed by atoms with E-state index in [1.165, 1.54) is 14.7 Å². The average Bonchev–Trinajstić information content (AvgIpc) is 2.52. The Morgan fingerprint density at radius 3 is 2.43 bits per heavy atom. The van der Waals surface area contributed by atoms with E-state index >= 15 is 0 Å². The number of hydrogen-bond donors (Lipinski definition) is 1. The van der Waals surface area contributed by atoms with Crippen molar-refractivity contribution >= 4 is 22.6 Å². The van der Waals surface area contributed by atoms with E-state index in [-0.39, 0.29) is 6.04 Å². The lowest BCUT2D eigenvalue weighted by molar-refractivity contribution is 0.388. The molecule has 1 atom stereocenters. The SMILES string of the molecule is CNC(c1ccc(OC)cc1OC)c1cccc(C)c1I. The largest absolute Gasteiger partial charge is 0.497 e. The third-order valence-electron chi connectivity index (χ3n) is 3.57. The summed E-state index contributed by atoms with van der Waals surface area (Å²) < 4.78 is 12.1. The molecule has 2 aromatic rings. The van der Waals surface area contributed by atoms with E-state index in [9.17, 15) is 0 Å². The average molecular weight is 397 g/mol. The minimum Gasteiger partial charge on any atom is -0.497 e. The number of hydrogen-bond acceptors (Lipinski definition) is 3. The Labute approximate surface area is 139 Å². The zero-order chi connectivity index (χ0) is 15.4. The van der Waals surface area contributed by atoms with Crippen molar-refractivity contribution in [1.29, 1.82) is 0 Å². The summed E-state index contributed by atoms with van der Waals surface area (Å²) >= 11 is 2.40. The summed E-state index contributed by atoms with van der Waals surface area (Å²) in [6, 6.07) is 12.4. The molecule has 21 heavy (non-hydrogen) atoms. The number of methoxy groups -OCH3 is 2. The maximum atomic E-state index is 5.54. The van der Waals surface area contributed by atoms with Crippen molar-refractivity contribution in [3.63, 3.8) is 0 Å². The van der Waals surface area contributed by atoms with Crippen LogP contribution in [0.2, 0.25) is 0 Å². The summed E-state index contributed by atoms with van der Waals surface area (Å²) in [6.45, 7) is 2.13. The number of halogens is 1. The Bertz CT molecular complexity index is 628. The van der Waals surface area contributed by atoms with Crippen LogP contribution in [0.4, 0.5) is 0 Å². The van der Waals surface area contributed by atoms with E-state index in [2.05, 4.69) is 59.1 Å². The number of rotatable bonds is 5. The fraction of sp³-hybridized carbons (Fsp3) is 0.294. The molecule has 0 saturated heterocycles. The standard InChI is InChI=1S/C17H20INO2/c1-11-6-5-7-14(16(11)18)17(19-2)13-9-8-12(20-3)10-15(13)21-4/h5-10,17,19H,1-4H3. The summed E-state index contributed by atoms with van der Waals surface area (Å²) in [7, 11) is 5.31. The van der Waals surface area contributed by atoms with Crippen LogP contribution in [-0.4, -0.2) is 21.3 Å². The highest BCUT2D eigenvalue weighted by molar-refractivity contribution is 14.1. The van der Waals surface area contributed by atoms with Gasteiger partial charge in [0.1, 0.15) is 11.5 Å². The van der Waals surface area contributed by atoms with Gasteiger partial charge in [-0.3, -0.25) is 0 Å². The second-order valence-electron chi connectivity index (χ2n) is 4.81. The minimum absolute atomic E-state index is 0.0812. The summed E-state index contributed by atoms with van der Waals surface area (Å²) in [5.41, 5.74) is 3.63. The van der Waals surface area contributed by atoms with Gasteiger partial charge in [0.15, 0.2) is 0 Å². The summed E-state index contributed by atoms with van der Waals surface area (Å²) in [5.74, 6) is 1.62. The molecular formula is C17H20INO2. The predicted octanol–water partition coefficient (Wildman–Crippen LogP) is 3.93. The molecule has 2 rings (SSSR count). The molecule has 0 saturated carbocycles. The van der Waals surface area contributed by atoms with Crippen LogP contribution in [0.5, 0.6) is 11.5 Å². The zero-order valence-corrected chi connectivity index (χ0v) is 14.9. The van der Waals surface area contributed by atoms with Crippen molar-refractivity contribution in [3.05, 3.63) is 56.7 Å². The van der Waals surface area contributed by atoms with E-state index in [0.29, 0.717) is 0 Å². The van der Waals surface area contributed by atoms with Crippen molar-refractivity contribution < 1.29 is 9.47 Å². The summed E-state index contributed by atoms with van der Waals surface area (Å²) in [6.07, 6.45) is 0. The number of nitrogens with one attached hydrogen (secondary N) is 1. The minimum atomic E-state index is 0.0812. The predicted molar refractivity (Wildman–Crippen MR) is 94.3 cm³/mol. The van der Waals surface area contributed by atoms with Crippen molar-refractivity contribution in [2.24, 2.45) is 0 Å². The first kappa shape index (κ1) is 16.1. The maximum Gasteiger partial charge on any atom is 0.127 e. The van der Waals surface area contributed by atoms with Gasteiger partial charge in [0, 0.05) is 15.2 Å². The molecule has 1 unspecified atom stereocenters. The van der Waals surface area contributed by atoms with E-state index < -0.39 is 0 Å². The van der Waals surface area contributed by atoms with Gasteiger partial charge in [-0.05, 0) is 59.8 Å². The monoisotopic (exact) mass is 397 g/mol. The Kier molecular flexibility index (Phi) is 5.47. The van der Waals surface area contributed by atoms with Crippen molar-refractivity contribution in [2.75, 3.05) is 21.3 Å². The Hall–Kier alpha value is -1.27. The molecule has 1 N–H and O–H groups in total. The van der Waals surface area contributed by atoms with Crippen molar-refractivity contribution in [2.45, 2.75) is 13.0 Å². The molecule has 0 aliphatic carbocycles. The van der Waals surface area contributed by atoms with Gasteiger partial charge >= 0.3 is 0 Å². The molecule has 112 valence electrons. The van der Waals surface area contributed by atoms with E-state index in [4.69, 9.17) is 9.47 Å². The van der Waals surface area contributed by atoms with Crippen molar-refractivity contribution in [3.8, 4) is 11.5 Å². The number of ether oxygens (including phenoxy) is 2. The quantitative estimate of drug-likeness (QED) is 0.776. The molecule has 0 aliphatic rings. The van der Waals surface area contributed by atoms with Gasteiger partial charge in [-0.2, -0.15) is 0 Å². The zero-order valence-electron chi connectivity index (χ0n) is 12.7. The Morgan fingerprint density at radius 1 is 1.05 bits per heavy atom. The van der Waals surface area contributed by atoms with E-state index in [0.717, 1.165) is 17.1 Å². The molecule has 0 bridgehead atoms. The molecule has 0 heterocycles. The number of benzene rings is 2. The highest BCUT2D eigenvalue weighted by Crippen LogP contribution is 2.35. The van der Waals surface area contributed by atoms with Gasteiger partial charge in [-0.15, -0.1) is 0 Å². The van der Waals surface area contributed by atoms with Crippen LogP contribution >= 0.6 is 22.6 Å². The molecule has 4 heteroatoms. The topological polar surface area (TPSA) is 30.5 Å². The van der Waals surface area contributed by atoms with Crippen LogP contribution in [0.3, 0.4) is 0 Å². The van der Waals surface area contributed by atoms with E-state index in [1.54, 1.807) is 14.2 Å². The summed E-state index contributed by atoms with van der Waals surface area (Å²) in [4.78, 5) is 0. The lowest BCUT2D eigenvalue weighted by Crippen LogP contribution is -2.19. The summed E-state index contributed by atoms with van der Waals surface area (Å²) in [5, 5.41) is 3.39. The van der Waals surface area contributed by atoms with Crippen molar-refractivity contribution in [1.82, 2.24) is 5.32 Å². The third kappa shape index (κ3) is 3.32. The van der Waals surface area contributed by atoms with Gasteiger partial charge in [0.25, 0.3) is 0 Å². The van der Waals surface area contributed by atoms with Crippen LogP contribution in [0.25, 0.3) is 0 Å². The van der Waals surface area contributed by atoms with Crippen LogP contribution < -0.4 is 14.8 Å². The number of aryl methyl sites for hydroxylation is 1. The first-order chi connectivity index (χ1) is 10.1. The highest BCUT2D eigenvalue weighted by Gasteiger charge is 2.20. The second-order valence-corrected chi connectivity index (χ2v) is 5.89. The van der Waals surface area contributed by atoms with Crippen LogP contribution in [0.1, 0.15) is 22.7 Å². The third-order valence-corrected chi connectivity index (χ3v) is 5.05. The molecule has 0 aliphatic heterocycles. The molecule has 0 fully saturated rings. The van der Waals surface area contributed by atoms with Crippen LogP contribution in [0.15, 0.2) is 36.4 Å². The Morgan fingerprint density at radius 2 is 1.81 bits per heavy atom. The smallest absolute Gasteiger partial charge is 0.127 e. The molecule has 3 nitrogen and oxygen atoms in total. The van der Waals surface area contributed by atoms with Gasteiger partial charge in [-0.1, -0.05) is 18.2 Å². The first-order valence-corrected chi connectivity index (χ1v) is 7.84. The fourth-order valence-corrected chi connectivity index (χ4v) is 3.10. The van der Waals surface area contributed by atoms with Gasteiger partial charge in [0.05, 0.1) is 20.3 Å². The lowest BCUT2D eigenvalue weighted by Gasteiger charge is -2.22. The highest BCUT2D eigenvalue weighted by atomic mass is 127. The lowest BCUT2D eigenvalue weighted by atomic mass is 9.96. The second kappa shape index (κ2) is 7.13. The maximum absolute atomic E-state index is 5.54. The van der Waals surface area contributed by atoms with Gasteiger partial charge in [0.2, 0.25) is 0 Å². The molecule has 0 spiro atoms. The molecule has 0 radical (unpaired) electrons. The molecule has 0 amide bonds. The first-order valence-electron chi connectivity index (χ1n) is 6.76. The Balaban J connectivity index is 2.53. The normalized spacial score (nSPS) is 12.0. The van der Waals surface area contributed by atoms with E-state index in [1.807, 2.05) is 19.2 Å². The molecule has 0 aromatic heterocycles. The molecule has 2 aromatic carbocycles. The van der Waals surface area contributed by atoms with Gasteiger partial charge in [-0.25, -0.2) is 0 Å². The van der Waals surface area contributed by atoms with Crippen LogP contribution in [0, 0.1) is 10.5 Å². The van der Waals surface area contributed by atoms with Crippen LogP contribution in [-0.2, 0) is 0 Å².